The minimum absolute atomic E-state index is 0.133. The van der Waals surface area contributed by atoms with Gasteiger partial charge in [0.2, 0.25) is 0 Å². The zero-order chi connectivity index (χ0) is 15.2. The molecular weight excluding hydrogens is 264 g/mol. The third-order valence-corrected chi connectivity index (χ3v) is 3.56. The van der Waals surface area contributed by atoms with Crippen molar-refractivity contribution in [3.8, 4) is 0 Å². The van der Waals surface area contributed by atoms with Crippen LogP contribution in [0.25, 0.3) is 5.65 Å². The lowest BCUT2D eigenvalue weighted by Crippen LogP contribution is -2.35. The molecule has 0 aromatic carbocycles. The van der Waals surface area contributed by atoms with Gasteiger partial charge in [0.25, 0.3) is 0 Å². The summed E-state index contributed by atoms with van der Waals surface area (Å²) in [4.78, 5) is 6.93. The maximum Gasteiger partial charge on any atom is 0.152 e. The number of nitrogens with zero attached hydrogens (tertiary/aromatic N) is 3. The van der Waals surface area contributed by atoms with Crippen LogP contribution in [0.15, 0.2) is 24.4 Å². The van der Waals surface area contributed by atoms with Gasteiger partial charge in [-0.2, -0.15) is 0 Å². The fraction of sp³-hybridized carbons (Fsp3) is 0.562. The largest absolute Gasteiger partial charge is 0.395 e. The summed E-state index contributed by atoms with van der Waals surface area (Å²) >= 11 is 0. The molecule has 2 aromatic heterocycles. The number of hydrogen-bond donors (Lipinski definition) is 2. The summed E-state index contributed by atoms with van der Waals surface area (Å²) in [5.41, 5.74) is 2.10. The Labute approximate surface area is 126 Å². The van der Waals surface area contributed by atoms with E-state index in [0.29, 0.717) is 12.6 Å². The Hall–Kier alpha value is -1.59. The van der Waals surface area contributed by atoms with Crippen LogP contribution in [0.4, 0.5) is 5.82 Å². The predicted molar refractivity (Wildman–Crippen MR) is 86.8 cm³/mol. The fourth-order valence-corrected chi connectivity index (χ4v) is 2.53. The molecule has 5 nitrogen and oxygen atoms in total. The minimum atomic E-state index is 0.133. The molecule has 0 bridgehead atoms. The second kappa shape index (κ2) is 7.43. The Bertz CT molecular complexity index is 564. The van der Waals surface area contributed by atoms with Crippen molar-refractivity contribution < 1.29 is 5.11 Å². The molecule has 0 amide bonds. The van der Waals surface area contributed by atoms with E-state index in [-0.39, 0.29) is 6.61 Å². The molecule has 0 aliphatic carbocycles. The predicted octanol–water partition coefficient (Wildman–Crippen LogP) is 2.04. The first-order valence-electron chi connectivity index (χ1n) is 7.73. The van der Waals surface area contributed by atoms with Crippen molar-refractivity contribution in [2.75, 3.05) is 24.6 Å². The summed E-state index contributed by atoms with van der Waals surface area (Å²) in [5.74, 6) is 0.967. The number of imidazole rings is 1. The van der Waals surface area contributed by atoms with Gasteiger partial charge in [0, 0.05) is 25.3 Å². The van der Waals surface area contributed by atoms with E-state index in [1.165, 1.54) is 0 Å². The molecule has 116 valence electrons. The van der Waals surface area contributed by atoms with Gasteiger partial charge in [-0.05, 0) is 38.9 Å². The van der Waals surface area contributed by atoms with E-state index in [1.807, 2.05) is 24.4 Å². The van der Waals surface area contributed by atoms with Crippen LogP contribution in [-0.4, -0.2) is 40.2 Å². The van der Waals surface area contributed by atoms with Gasteiger partial charge in [-0.25, -0.2) is 4.98 Å². The molecule has 0 spiro atoms. The zero-order valence-corrected chi connectivity index (χ0v) is 13.2. The second-order valence-electron chi connectivity index (χ2n) is 5.50. The first kappa shape index (κ1) is 15.8. The smallest absolute Gasteiger partial charge is 0.152 e. The van der Waals surface area contributed by atoms with Crippen molar-refractivity contribution in [1.82, 2.24) is 14.7 Å². The highest BCUT2D eigenvalue weighted by atomic mass is 16.3. The summed E-state index contributed by atoms with van der Waals surface area (Å²) in [6.07, 6.45) is 3.16. The van der Waals surface area contributed by atoms with Crippen LogP contribution < -0.4 is 10.2 Å². The van der Waals surface area contributed by atoms with Crippen LogP contribution in [-0.2, 0) is 6.54 Å². The molecule has 5 heteroatoms. The summed E-state index contributed by atoms with van der Waals surface area (Å²) in [6, 6.07) is 6.34. The number of fused-ring (bicyclic) bond motifs is 1. The summed E-state index contributed by atoms with van der Waals surface area (Å²) < 4.78 is 2.13. The average molecular weight is 290 g/mol. The van der Waals surface area contributed by atoms with Gasteiger partial charge in [-0.15, -0.1) is 0 Å². The molecule has 0 saturated carbocycles. The fourth-order valence-electron chi connectivity index (χ4n) is 2.53. The van der Waals surface area contributed by atoms with Gasteiger partial charge in [0.15, 0.2) is 5.82 Å². The van der Waals surface area contributed by atoms with Crippen LogP contribution in [0.5, 0.6) is 0 Å². The van der Waals surface area contributed by atoms with Crippen molar-refractivity contribution in [2.24, 2.45) is 0 Å². The Morgan fingerprint density at radius 3 is 2.86 bits per heavy atom. The van der Waals surface area contributed by atoms with E-state index in [2.05, 4.69) is 35.4 Å². The third kappa shape index (κ3) is 3.54. The van der Waals surface area contributed by atoms with E-state index in [9.17, 15) is 5.11 Å². The van der Waals surface area contributed by atoms with Crippen LogP contribution in [0, 0.1) is 0 Å². The Morgan fingerprint density at radius 1 is 1.38 bits per heavy atom. The zero-order valence-electron chi connectivity index (χ0n) is 13.2. The van der Waals surface area contributed by atoms with Gasteiger partial charge in [0.1, 0.15) is 5.65 Å². The number of hydrogen-bond acceptors (Lipinski definition) is 4. The number of aliphatic hydroxyl groups excluding tert-OH is 1. The van der Waals surface area contributed by atoms with Gasteiger partial charge in [0.05, 0.1) is 12.3 Å². The molecule has 2 heterocycles. The van der Waals surface area contributed by atoms with E-state index in [0.717, 1.165) is 36.7 Å². The standard InChI is InChI=1S/C16H26N4O/c1-4-8-17-12-14-16(19(10-11-21)13(2)3)18-15-7-5-6-9-20(14)15/h5-7,9,13,17,21H,4,8,10-12H2,1-3H3. The SMILES string of the molecule is CCCNCc1c(N(CCO)C(C)C)nc2ccccn12. The van der Waals surface area contributed by atoms with Gasteiger partial charge >= 0.3 is 0 Å². The molecule has 0 unspecified atom stereocenters. The first-order chi connectivity index (χ1) is 10.2. The molecule has 2 N–H and O–H groups in total. The highest BCUT2D eigenvalue weighted by molar-refractivity contribution is 5.56. The number of anilines is 1. The molecule has 2 aromatic rings. The van der Waals surface area contributed by atoms with Crippen molar-refractivity contribution >= 4 is 11.5 Å². The second-order valence-corrected chi connectivity index (χ2v) is 5.50. The van der Waals surface area contributed by atoms with E-state index >= 15 is 0 Å². The van der Waals surface area contributed by atoms with Crippen molar-refractivity contribution in [1.29, 1.82) is 0 Å². The molecule has 0 atom stereocenters. The molecule has 0 fully saturated rings. The molecule has 21 heavy (non-hydrogen) atoms. The Balaban J connectivity index is 2.41. The van der Waals surface area contributed by atoms with Gasteiger partial charge < -0.3 is 19.7 Å². The molecular formula is C16H26N4O. The van der Waals surface area contributed by atoms with E-state index in [1.54, 1.807) is 0 Å². The van der Waals surface area contributed by atoms with Crippen molar-refractivity contribution in [2.45, 2.75) is 39.8 Å². The normalized spacial score (nSPS) is 11.5. The Morgan fingerprint density at radius 2 is 2.19 bits per heavy atom. The lowest BCUT2D eigenvalue weighted by atomic mass is 10.3. The van der Waals surface area contributed by atoms with Gasteiger partial charge in [-0.1, -0.05) is 13.0 Å². The minimum Gasteiger partial charge on any atom is -0.395 e. The number of aromatic nitrogens is 2. The average Bonchev–Trinajstić information content (AvgIpc) is 2.83. The summed E-state index contributed by atoms with van der Waals surface area (Å²) in [6.45, 7) is 8.92. The maximum absolute atomic E-state index is 9.33. The first-order valence-corrected chi connectivity index (χ1v) is 7.73. The highest BCUT2D eigenvalue weighted by Crippen LogP contribution is 2.23. The van der Waals surface area contributed by atoms with Crippen molar-refractivity contribution in [3.63, 3.8) is 0 Å². The molecule has 0 saturated heterocycles. The summed E-state index contributed by atoms with van der Waals surface area (Å²) in [5, 5.41) is 12.8. The lowest BCUT2D eigenvalue weighted by molar-refractivity contribution is 0.298. The quantitative estimate of drug-likeness (QED) is 0.731. The highest BCUT2D eigenvalue weighted by Gasteiger charge is 2.19. The van der Waals surface area contributed by atoms with Crippen LogP contribution in [0.1, 0.15) is 32.9 Å². The monoisotopic (exact) mass is 290 g/mol. The maximum atomic E-state index is 9.33. The molecule has 0 radical (unpaired) electrons. The Kier molecular flexibility index (Phi) is 5.59. The van der Waals surface area contributed by atoms with Crippen molar-refractivity contribution in [3.05, 3.63) is 30.1 Å². The molecule has 0 aliphatic heterocycles. The number of rotatable bonds is 8. The number of pyridine rings is 1. The van der Waals surface area contributed by atoms with Gasteiger partial charge in [-0.3, -0.25) is 0 Å². The third-order valence-electron chi connectivity index (χ3n) is 3.56. The topological polar surface area (TPSA) is 52.8 Å². The van der Waals surface area contributed by atoms with Crippen LogP contribution >= 0.6 is 0 Å². The molecule has 0 aliphatic rings. The molecule has 2 rings (SSSR count). The summed E-state index contributed by atoms with van der Waals surface area (Å²) in [7, 11) is 0. The van der Waals surface area contributed by atoms with E-state index < -0.39 is 0 Å². The van der Waals surface area contributed by atoms with Crippen LogP contribution in [0.3, 0.4) is 0 Å². The van der Waals surface area contributed by atoms with E-state index in [4.69, 9.17) is 4.98 Å². The number of nitrogens with one attached hydrogen (secondary N) is 1. The van der Waals surface area contributed by atoms with Crippen LogP contribution in [0.2, 0.25) is 0 Å². The lowest BCUT2D eigenvalue weighted by Gasteiger charge is -2.27. The number of aliphatic hydroxyl groups is 1.